The van der Waals surface area contributed by atoms with Crippen molar-refractivity contribution in [1.29, 1.82) is 0 Å². The van der Waals surface area contributed by atoms with Crippen molar-refractivity contribution in [3.8, 4) is 0 Å². The second-order valence-corrected chi connectivity index (χ2v) is 8.49. The molecule has 2 atom stereocenters. The fraction of sp³-hybridized carbons (Fsp3) is 0.905. The predicted octanol–water partition coefficient (Wildman–Crippen LogP) is 3.71. The quantitative estimate of drug-likeness (QED) is 0.297. The van der Waals surface area contributed by atoms with Gasteiger partial charge in [0.1, 0.15) is 5.54 Å². The number of hydrogen-bond acceptors (Lipinski definition) is 4. The number of nitrogens with one attached hydrogen (secondary N) is 1. The van der Waals surface area contributed by atoms with Crippen LogP contribution in [0.5, 0.6) is 0 Å². The molecule has 0 aromatic heterocycles. The molecule has 2 unspecified atom stereocenters. The molecule has 1 fully saturated rings. The molecule has 0 bridgehead atoms. The molecule has 1 heterocycles. The summed E-state index contributed by atoms with van der Waals surface area (Å²) in [7, 11) is 1.53. The average molecular weight is 384 g/mol. The number of urea groups is 1. The predicted molar refractivity (Wildman–Crippen MR) is 109 cm³/mol. The van der Waals surface area contributed by atoms with Gasteiger partial charge >= 0.3 is 6.03 Å². The van der Waals surface area contributed by atoms with Crippen LogP contribution < -0.4 is 11.1 Å². The van der Waals surface area contributed by atoms with E-state index in [-0.39, 0.29) is 11.9 Å². The molecule has 1 aliphatic heterocycles. The van der Waals surface area contributed by atoms with Gasteiger partial charge in [0.15, 0.2) is 0 Å². The van der Waals surface area contributed by atoms with Crippen LogP contribution in [0.2, 0.25) is 0 Å². The number of hydrogen-bond donors (Lipinski definition) is 3. The fourth-order valence-electron chi connectivity index (χ4n) is 3.86. The molecule has 0 saturated carbocycles. The first-order chi connectivity index (χ1) is 12.8. The van der Waals surface area contributed by atoms with Crippen molar-refractivity contribution >= 4 is 11.9 Å². The van der Waals surface area contributed by atoms with Crippen LogP contribution >= 0.6 is 0 Å². The van der Waals surface area contributed by atoms with Gasteiger partial charge < -0.3 is 16.2 Å². The van der Waals surface area contributed by atoms with Gasteiger partial charge in [-0.2, -0.15) is 0 Å². The number of likely N-dealkylation sites (N-methyl/N-ethyl adjacent to an activating group) is 1. The Morgan fingerprint density at radius 2 is 1.63 bits per heavy atom. The topological polar surface area (TPSA) is 95.7 Å². The Bertz CT molecular complexity index is 468. The van der Waals surface area contributed by atoms with Crippen LogP contribution in [0, 0.1) is 0 Å². The molecule has 0 spiro atoms. The lowest BCUT2D eigenvalue weighted by molar-refractivity contribution is -0.131. The van der Waals surface area contributed by atoms with Gasteiger partial charge in [0, 0.05) is 7.05 Å². The van der Waals surface area contributed by atoms with Gasteiger partial charge in [-0.25, -0.2) is 4.79 Å². The second-order valence-electron chi connectivity index (χ2n) is 8.49. The fourth-order valence-corrected chi connectivity index (χ4v) is 3.86. The standard InChI is InChI=1S/C21H41N3O3/c1-4-5-6-10-13-20(2,27)15-16-21(14-11-8-7-9-12-17-22)18(25)24(3)19(26)23-21/h27H,4-17,22H2,1-3H3,(H,23,26). The number of amides is 3. The molecule has 0 aromatic rings. The van der Waals surface area contributed by atoms with E-state index in [1.54, 1.807) is 0 Å². The maximum atomic E-state index is 12.8. The Balaban J connectivity index is 2.59. The number of rotatable bonds is 15. The van der Waals surface area contributed by atoms with Gasteiger partial charge in [-0.3, -0.25) is 9.69 Å². The van der Waals surface area contributed by atoms with Crippen molar-refractivity contribution in [2.75, 3.05) is 13.6 Å². The number of unbranched alkanes of at least 4 members (excludes halogenated alkanes) is 7. The normalized spacial score (nSPS) is 22.2. The van der Waals surface area contributed by atoms with Crippen molar-refractivity contribution in [2.24, 2.45) is 5.73 Å². The first-order valence-corrected chi connectivity index (χ1v) is 10.8. The van der Waals surface area contributed by atoms with E-state index in [9.17, 15) is 14.7 Å². The highest BCUT2D eigenvalue weighted by Crippen LogP contribution is 2.32. The van der Waals surface area contributed by atoms with Crippen molar-refractivity contribution in [2.45, 2.75) is 108 Å². The molecule has 1 rings (SSSR count). The van der Waals surface area contributed by atoms with Crippen LogP contribution in [0.1, 0.15) is 97.3 Å². The van der Waals surface area contributed by atoms with Crippen molar-refractivity contribution in [1.82, 2.24) is 10.2 Å². The molecular weight excluding hydrogens is 342 g/mol. The Morgan fingerprint density at radius 1 is 1.00 bits per heavy atom. The summed E-state index contributed by atoms with van der Waals surface area (Å²) in [6.45, 7) is 4.74. The third-order valence-corrected chi connectivity index (χ3v) is 5.83. The first-order valence-electron chi connectivity index (χ1n) is 10.8. The Hall–Kier alpha value is -1.14. The summed E-state index contributed by atoms with van der Waals surface area (Å²) in [5.74, 6) is -0.156. The average Bonchev–Trinajstić information content (AvgIpc) is 2.85. The summed E-state index contributed by atoms with van der Waals surface area (Å²) >= 11 is 0. The summed E-state index contributed by atoms with van der Waals surface area (Å²) in [5.41, 5.74) is 3.87. The summed E-state index contributed by atoms with van der Waals surface area (Å²) in [6, 6.07) is -0.328. The molecule has 3 amide bonds. The van der Waals surface area contributed by atoms with E-state index >= 15 is 0 Å². The number of imide groups is 1. The molecule has 0 aromatic carbocycles. The van der Waals surface area contributed by atoms with E-state index in [0.717, 1.165) is 57.9 Å². The number of nitrogens with zero attached hydrogens (tertiary/aromatic N) is 1. The molecule has 0 aliphatic carbocycles. The summed E-state index contributed by atoms with van der Waals surface area (Å²) < 4.78 is 0. The van der Waals surface area contributed by atoms with Crippen molar-refractivity contribution < 1.29 is 14.7 Å². The van der Waals surface area contributed by atoms with Crippen LogP contribution in [0.3, 0.4) is 0 Å². The Morgan fingerprint density at radius 3 is 2.22 bits per heavy atom. The lowest BCUT2D eigenvalue weighted by atomic mass is 9.82. The third kappa shape index (κ3) is 7.78. The summed E-state index contributed by atoms with van der Waals surface area (Å²) in [5, 5.41) is 13.7. The number of aliphatic hydroxyl groups is 1. The molecule has 4 N–H and O–H groups in total. The van der Waals surface area contributed by atoms with E-state index in [1.165, 1.54) is 24.8 Å². The van der Waals surface area contributed by atoms with Crippen molar-refractivity contribution in [3.05, 3.63) is 0 Å². The minimum atomic E-state index is -0.854. The van der Waals surface area contributed by atoms with Crippen LogP contribution in [-0.2, 0) is 4.79 Å². The highest BCUT2D eigenvalue weighted by molar-refractivity contribution is 6.06. The first kappa shape index (κ1) is 23.9. The van der Waals surface area contributed by atoms with Gasteiger partial charge in [-0.15, -0.1) is 0 Å². The van der Waals surface area contributed by atoms with E-state index < -0.39 is 11.1 Å². The Labute approximate surface area is 165 Å². The van der Waals surface area contributed by atoms with Crippen LogP contribution in [0.4, 0.5) is 4.79 Å². The lowest BCUT2D eigenvalue weighted by Gasteiger charge is -2.31. The van der Waals surface area contributed by atoms with E-state index in [1.807, 2.05) is 6.92 Å². The highest BCUT2D eigenvalue weighted by Gasteiger charge is 2.49. The molecule has 1 aliphatic rings. The van der Waals surface area contributed by atoms with Crippen LogP contribution in [-0.4, -0.2) is 46.7 Å². The zero-order valence-corrected chi connectivity index (χ0v) is 17.7. The smallest absolute Gasteiger partial charge is 0.324 e. The molecule has 6 nitrogen and oxygen atoms in total. The molecule has 0 radical (unpaired) electrons. The number of nitrogens with two attached hydrogens (primary N) is 1. The molecule has 1 saturated heterocycles. The van der Waals surface area contributed by atoms with Crippen LogP contribution in [0.25, 0.3) is 0 Å². The molecule has 158 valence electrons. The largest absolute Gasteiger partial charge is 0.390 e. The van der Waals surface area contributed by atoms with E-state index in [4.69, 9.17) is 5.73 Å². The van der Waals surface area contributed by atoms with Gasteiger partial charge in [-0.05, 0) is 45.6 Å². The lowest BCUT2D eigenvalue weighted by Crippen LogP contribution is -2.48. The molecule has 6 heteroatoms. The van der Waals surface area contributed by atoms with Crippen LogP contribution in [0.15, 0.2) is 0 Å². The maximum Gasteiger partial charge on any atom is 0.324 e. The van der Waals surface area contributed by atoms with Gasteiger partial charge in [0.25, 0.3) is 5.91 Å². The molecule has 27 heavy (non-hydrogen) atoms. The van der Waals surface area contributed by atoms with Gasteiger partial charge in [0.2, 0.25) is 0 Å². The minimum absolute atomic E-state index is 0.156. The zero-order chi connectivity index (χ0) is 20.3. The zero-order valence-electron chi connectivity index (χ0n) is 17.7. The number of carbonyl (C=O) groups excluding carboxylic acids is 2. The maximum absolute atomic E-state index is 12.8. The third-order valence-electron chi connectivity index (χ3n) is 5.83. The SMILES string of the molecule is CCCCCCC(C)(O)CCC1(CCCCCCCN)NC(=O)N(C)C1=O. The second kappa shape index (κ2) is 11.6. The van der Waals surface area contributed by atoms with Crippen molar-refractivity contribution in [3.63, 3.8) is 0 Å². The Kier molecular flexibility index (Phi) is 10.3. The van der Waals surface area contributed by atoms with Gasteiger partial charge in [-0.1, -0.05) is 58.3 Å². The molecular formula is C21H41N3O3. The highest BCUT2D eigenvalue weighted by atomic mass is 16.3. The monoisotopic (exact) mass is 383 g/mol. The minimum Gasteiger partial charge on any atom is -0.390 e. The number of carbonyl (C=O) groups is 2. The van der Waals surface area contributed by atoms with E-state index in [0.29, 0.717) is 19.3 Å². The summed E-state index contributed by atoms with van der Waals surface area (Å²) in [4.78, 5) is 26.0. The van der Waals surface area contributed by atoms with Gasteiger partial charge in [0.05, 0.1) is 5.60 Å². The summed E-state index contributed by atoms with van der Waals surface area (Å²) in [6.07, 6.45) is 12.0. The van der Waals surface area contributed by atoms with E-state index in [2.05, 4.69) is 12.2 Å².